The number of nitrogens with zero attached hydrogens (tertiary/aromatic N) is 4. The predicted molar refractivity (Wildman–Crippen MR) is 87.8 cm³/mol. The summed E-state index contributed by atoms with van der Waals surface area (Å²) in [4.78, 5) is 51.6. The van der Waals surface area contributed by atoms with Crippen molar-refractivity contribution >= 4 is 34.6 Å². The van der Waals surface area contributed by atoms with Gasteiger partial charge in [-0.3, -0.25) is 23.4 Å². The fraction of sp³-hybridized carbons (Fsp3) is 0.545. The summed E-state index contributed by atoms with van der Waals surface area (Å²) < 4.78 is 52.2. The van der Waals surface area contributed by atoms with Crippen molar-refractivity contribution < 1.29 is 56.3 Å². The van der Waals surface area contributed by atoms with Gasteiger partial charge in [0, 0.05) is 13.5 Å². The maximum Gasteiger partial charge on any atom is 0.278 e. The lowest BCUT2D eigenvalue weighted by molar-refractivity contribution is -0.339. The van der Waals surface area contributed by atoms with Gasteiger partial charge in [-0.1, -0.05) is 0 Å². The third-order valence-corrected chi connectivity index (χ3v) is 7.67. The summed E-state index contributed by atoms with van der Waals surface area (Å²) in [6.07, 6.45) is -0.796. The molecule has 0 radical (unpaired) electrons. The highest BCUT2D eigenvalue weighted by Crippen LogP contribution is 2.60. The van der Waals surface area contributed by atoms with E-state index >= 15 is 0 Å². The number of aryl methyl sites for hydroxylation is 1. The smallest absolute Gasteiger partial charge is 0.278 e. The molecule has 17 nitrogen and oxygen atoms in total. The molecule has 3 heterocycles. The monoisotopic (exact) mass is 501 g/mol. The van der Waals surface area contributed by atoms with Gasteiger partial charge in [-0.15, -0.1) is 0 Å². The summed E-state index contributed by atoms with van der Waals surface area (Å²) >= 11 is 0. The minimum absolute atomic E-state index is 0.0573. The van der Waals surface area contributed by atoms with Crippen molar-refractivity contribution in [3.63, 3.8) is 0 Å². The number of nitrogens with one attached hydrogen (secondary N) is 1. The molecule has 0 saturated carbocycles. The van der Waals surface area contributed by atoms with Gasteiger partial charge in [-0.25, -0.2) is 14.3 Å². The molecule has 20 heteroatoms. The minimum Gasteiger partial charge on any atom is -0.790 e. The normalized spacial score (nSPS) is 26.1. The number of aliphatic hydroxyl groups excluding tert-OH is 1. The van der Waals surface area contributed by atoms with E-state index in [1.165, 1.54) is 21.8 Å². The third kappa shape index (κ3) is 5.93. The van der Waals surface area contributed by atoms with E-state index in [9.17, 15) is 38.4 Å². The number of imidazole rings is 1. The summed E-state index contributed by atoms with van der Waals surface area (Å²) in [5.41, 5.74) is 0.584. The van der Waals surface area contributed by atoms with E-state index in [1.54, 1.807) is 7.05 Å². The Morgan fingerprint density at radius 1 is 1.19 bits per heavy atom. The second-order valence-electron chi connectivity index (χ2n) is 6.26. The van der Waals surface area contributed by atoms with Crippen LogP contribution in [0.4, 0.5) is 0 Å². The van der Waals surface area contributed by atoms with Crippen molar-refractivity contribution in [2.24, 2.45) is 7.05 Å². The highest BCUT2D eigenvalue weighted by molar-refractivity contribution is 7.64. The van der Waals surface area contributed by atoms with Gasteiger partial charge in [0.05, 0.1) is 33.2 Å². The maximum absolute atomic E-state index is 11.6. The number of ether oxygens (including phenoxy) is 1. The second kappa shape index (κ2) is 8.56. The number of rotatable bonds is 8. The molecule has 2 aromatic heterocycles. The fourth-order valence-corrected chi connectivity index (χ4v) is 5.58. The molecule has 1 aliphatic rings. The van der Waals surface area contributed by atoms with E-state index in [2.05, 4.69) is 23.1 Å². The molecule has 2 aromatic rings. The first kappa shape index (κ1) is 24.3. The quantitative estimate of drug-likeness (QED) is 0.336. The molecule has 174 valence electrons. The van der Waals surface area contributed by atoms with Gasteiger partial charge in [0.15, 0.2) is 11.1 Å². The highest BCUT2D eigenvalue weighted by atomic mass is 31.3. The largest absolute Gasteiger partial charge is 0.790 e. The number of aliphatic hydroxyl groups is 1. The van der Waals surface area contributed by atoms with E-state index in [0.29, 0.717) is 0 Å². The number of fused-ring (bicyclic) bond motifs is 1. The zero-order valence-electron chi connectivity index (χ0n) is 15.4. The Balaban J connectivity index is 1.66. The van der Waals surface area contributed by atoms with Crippen LogP contribution in [0.2, 0.25) is 0 Å². The second-order valence-corrected chi connectivity index (χ2v) is 10.5. The summed E-state index contributed by atoms with van der Waals surface area (Å²) in [6, 6.07) is 0. The highest BCUT2D eigenvalue weighted by Gasteiger charge is 2.37. The molecule has 31 heavy (non-hydrogen) atoms. The molecule has 1 fully saturated rings. The van der Waals surface area contributed by atoms with E-state index in [1.807, 2.05) is 0 Å². The van der Waals surface area contributed by atoms with Gasteiger partial charge in [0.2, 0.25) is 0 Å². The molecule has 0 aliphatic carbocycles. The van der Waals surface area contributed by atoms with Gasteiger partial charge in [0.25, 0.3) is 15.6 Å². The Bertz CT molecular complexity index is 1170. The SMILES string of the molecule is Cn1cnc2c(ncn2[C@H]2C[C@H](O)[C@@H](COP(=O)([O-])OP(=O)([O-])OP(=O)([O-])[O-])O2)c1=N. The van der Waals surface area contributed by atoms with Crippen LogP contribution in [-0.2, 0) is 38.6 Å². The summed E-state index contributed by atoms with van der Waals surface area (Å²) in [7, 11) is -16.3. The number of phosphoric ester groups is 1. The van der Waals surface area contributed by atoms with Crippen molar-refractivity contribution in [3.05, 3.63) is 18.1 Å². The van der Waals surface area contributed by atoms with Crippen molar-refractivity contribution in [3.8, 4) is 0 Å². The zero-order valence-corrected chi connectivity index (χ0v) is 18.1. The average Bonchev–Trinajstić information content (AvgIpc) is 3.17. The lowest BCUT2D eigenvalue weighted by atomic mass is 10.2. The number of aromatic nitrogens is 4. The van der Waals surface area contributed by atoms with Crippen LogP contribution >= 0.6 is 23.5 Å². The molecular formula is C11H14N5O12P3-4. The van der Waals surface area contributed by atoms with Crippen molar-refractivity contribution in [1.29, 1.82) is 5.41 Å². The van der Waals surface area contributed by atoms with Gasteiger partial charge in [0.1, 0.15) is 17.8 Å². The third-order valence-electron chi connectivity index (χ3n) is 4.01. The Hall–Kier alpha value is -1.32. The lowest BCUT2D eigenvalue weighted by Gasteiger charge is -2.37. The Labute approximate surface area is 172 Å². The first-order valence-electron chi connectivity index (χ1n) is 8.15. The van der Waals surface area contributed by atoms with Crippen LogP contribution in [0.25, 0.3) is 11.2 Å². The number of hydrogen-bond donors (Lipinski definition) is 2. The molecule has 1 saturated heterocycles. The number of phosphoric acid groups is 3. The minimum atomic E-state index is -6.10. The molecule has 2 unspecified atom stereocenters. The Kier molecular flexibility index (Phi) is 6.71. The standard InChI is InChI=1S/C11H18N5O12P3/c1-15-4-14-11-9(10(15)12)13-5-16(11)8-2-6(17)7(26-8)3-25-30(21,22)28-31(23,24)27-29(18,19)20/h4-8,12,17H,2-3H2,1H3,(H,21,22)(H,23,24)(H2,18,19,20)/p-4/t6-,7+,8+/m0/s1. The first-order chi connectivity index (χ1) is 14.2. The zero-order chi connectivity index (χ0) is 23.2. The molecule has 0 amide bonds. The topological polar surface area (TPSA) is 260 Å². The van der Waals surface area contributed by atoms with Gasteiger partial charge < -0.3 is 43.1 Å². The van der Waals surface area contributed by atoms with Crippen molar-refractivity contribution in [1.82, 2.24) is 19.1 Å². The van der Waals surface area contributed by atoms with Crippen LogP contribution in [0.3, 0.4) is 0 Å². The van der Waals surface area contributed by atoms with Crippen molar-refractivity contribution in [2.45, 2.75) is 24.9 Å². The van der Waals surface area contributed by atoms with Crippen LogP contribution in [0.5, 0.6) is 0 Å². The fourth-order valence-electron chi connectivity index (χ4n) is 2.71. The van der Waals surface area contributed by atoms with Gasteiger partial charge in [-0.2, -0.15) is 0 Å². The van der Waals surface area contributed by atoms with Gasteiger partial charge >= 0.3 is 0 Å². The molecule has 1 aliphatic heterocycles. The summed E-state index contributed by atoms with van der Waals surface area (Å²) in [5.74, 6) is 0. The molecule has 5 atom stereocenters. The van der Waals surface area contributed by atoms with Crippen LogP contribution < -0.4 is 25.1 Å². The number of hydrogen-bond acceptors (Lipinski definition) is 15. The van der Waals surface area contributed by atoms with E-state index < -0.39 is 48.5 Å². The van der Waals surface area contributed by atoms with E-state index in [0.717, 1.165) is 0 Å². The van der Waals surface area contributed by atoms with Crippen LogP contribution in [0.15, 0.2) is 12.7 Å². The summed E-state index contributed by atoms with van der Waals surface area (Å²) in [6.45, 7) is -0.913. The predicted octanol–water partition coefficient (Wildman–Crippen LogP) is -3.29. The van der Waals surface area contributed by atoms with Crippen LogP contribution in [-0.4, -0.2) is 43.0 Å². The average molecular weight is 501 g/mol. The first-order valence-corrected chi connectivity index (χ1v) is 12.5. The van der Waals surface area contributed by atoms with Crippen LogP contribution in [0.1, 0.15) is 12.6 Å². The molecular weight excluding hydrogens is 487 g/mol. The Morgan fingerprint density at radius 3 is 2.52 bits per heavy atom. The molecule has 0 bridgehead atoms. The Morgan fingerprint density at radius 2 is 1.87 bits per heavy atom. The summed E-state index contributed by atoms with van der Waals surface area (Å²) in [5, 5.41) is 18.1. The van der Waals surface area contributed by atoms with E-state index in [4.69, 9.17) is 10.1 Å². The van der Waals surface area contributed by atoms with E-state index in [-0.39, 0.29) is 23.1 Å². The molecule has 0 spiro atoms. The molecule has 0 aromatic carbocycles. The van der Waals surface area contributed by atoms with Gasteiger partial charge in [-0.05, 0) is 0 Å². The molecule has 2 N–H and O–H groups in total. The molecule has 3 rings (SSSR count). The van der Waals surface area contributed by atoms with Crippen molar-refractivity contribution in [2.75, 3.05) is 6.61 Å². The maximum atomic E-state index is 11.6. The lowest BCUT2D eigenvalue weighted by Crippen LogP contribution is -2.27. The van der Waals surface area contributed by atoms with Crippen LogP contribution in [0, 0.1) is 5.41 Å².